The minimum absolute atomic E-state index is 0.404. The van der Waals surface area contributed by atoms with Crippen molar-refractivity contribution in [2.75, 3.05) is 0 Å². The fraction of sp³-hybridized carbons (Fsp3) is 0. The third-order valence-electron chi connectivity index (χ3n) is 2.80. The van der Waals surface area contributed by atoms with Crippen molar-refractivity contribution in [1.82, 2.24) is 9.78 Å². The van der Waals surface area contributed by atoms with Crippen LogP contribution >= 0.6 is 15.9 Å². The first kappa shape index (κ1) is 13.7. The number of hydrogen-bond acceptors (Lipinski definition) is 3. The van der Waals surface area contributed by atoms with E-state index in [-0.39, 0.29) is 0 Å². The Morgan fingerprint density at radius 1 is 1.05 bits per heavy atom. The molecule has 0 amide bonds. The van der Waals surface area contributed by atoms with Crippen molar-refractivity contribution in [1.29, 1.82) is 0 Å². The lowest BCUT2D eigenvalue weighted by Gasteiger charge is -1.99. The van der Waals surface area contributed by atoms with Crippen molar-refractivity contribution in [2.45, 2.75) is 0 Å². The van der Waals surface area contributed by atoms with Gasteiger partial charge in [0.25, 0.3) is 5.89 Å². The molecule has 0 aliphatic carbocycles. The van der Waals surface area contributed by atoms with Crippen LogP contribution in [0.4, 0.5) is 8.78 Å². The van der Waals surface area contributed by atoms with E-state index in [9.17, 15) is 13.6 Å². The molecule has 0 aliphatic rings. The molecule has 21 heavy (non-hydrogen) atoms. The third kappa shape index (κ3) is 2.52. The van der Waals surface area contributed by atoms with Crippen molar-refractivity contribution in [3.05, 3.63) is 69.1 Å². The maximum Gasteiger partial charge on any atom is 0.442 e. The molecule has 3 aromatic rings. The van der Waals surface area contributed by atoms with Crippen molar-refractivity contribution in [2.24, 2.45) is 0 Å². The summed E-state index contributed by atoms with van der Waals surface area (Å²) in [6, 6.07) is 10.0. The number of benzene rings is 2. The Balaban J connectivity index is 2.14. The molecule has 3 rings (SSSR count). The SMILES string of the molecule is O=c1oc(-c2c(F)cccc2F)nn1-c1ccc(Br)cc1. The fourth-order valence-electron chi connectivity index (χ4n) is 1.83. The van der Waals surface area contributed by atoms with E-state index in [0.717, 1.165) is 21.3 Å². The number of nitrogens with zero attached hydrogens (tertiary/aromatic N) is 2. The molecule has 4 nitrogen and oxygen atoms in total. The minimum Gasteiger partial charge on any atom is -0.387 e. The quantitative estimate of drug-likeness (QED) is 0.708. The van der Waals surface area contributed by atoms with Gasteiger partial charge in [-0.3, -0.25) is 0 Å². The van der Waals surface area contributed by atoms with E-state index >= 15 is 0 Å². The molecule has 1 aromatic heterocycles. The van der Waals surface area contributed by atoms with Gasteiger partial charge in [-0.2, -0.15) is 4.68 Å². The first-order chi connectivity index (χ1) is 10.1. The molecule has 7 heteroatoms. The summed E-state index contributed by atoms with van der Waals surface area (Å²) < 4.78 is 34.0. The van der Waals surface area contributed by atoms with E-state index < -0.39 is 28.8 Å². The number of halogens is 3. The van der Waals surface area contributed by atoms with Crippen molar-refractivity contribution in [3.8, 4) is 17.1 Å². The van der Waals surface area contributed by atoms with Gasteiger partial charge in [-0.05, 0) is 36.4 Å². The lowest BCUT2D eigenvalue weighted by atomic mass is 10.2. The van der Waals surface area contributed by atoms with Crippen LogP contribution in [0.2, 0.25) is 0 Å². The van der Waals surface area contributed by atoms with Crippen LogP contribution < -0.4 is 5.76 Å². The topological polar surface area (TPSA) is 48.0 Å². The lowest BCUT2D eigenvalue weighted by molar-refractivity contribution is 0.504. The fourth-order valence-corrected chi connectivity index (χ4v) is 2.09. The Labute approximate surface area is 125 Å². The first-order valence-corrected chi connectivity index (χ1v) is 6.66. The summed E-state index contributed by atoms with van der Waals surface area (Å²) in [6.07, 6.45) is 0. The van der Waals surface area contributed by atoms with Gasteiger partial charge in [-0.15, -0.1) is 5.10 Å². The van der Waals surface area contributed by atoms with E-state index in [0.29, 0.717) is 5.69 Å². The molecule has 0 atom stereocenters. The second-order valence-electron chi connectivity index (χ2n) is 4.16. The number of aromatic nitrogens is 2. The Kier molecular flexibility index (Phi) is 3.42. The maximum absolute atomic E-state index is 13.7. The number of hydrogen-bond donors (Lipinski definition) is 0. The molecule has 0 radical (unpaired) electrons. The van der Waals surface area contributed by atoms with Crippen LogP contribution in [0.5, 0.6) is 0 Å². The summed E-state index contributed by atoms with van der Waals surface area (Å²) in [7, 11) is 0. The van der Waals surface area contributed by atoms with Gasteiger partial charge < -0.3 is 4.42 Å². The second kappa shape index (κ2) is 5.25. The van der Waals surface area contributed by atoms with Crippen molar-refractivity contribution >= 4 is 15.9 Å². The smallest absolute Gasteiger partial charge is 0.387 e. The van der Waals surface area contributed by atoms with E-state index in [1.807, 2.05) is 0 Å². The van der Waals surface area contributed by atoms with Crippen LogP contribution in [0.1, 0.15) is 0 Å². The highest BCUT2D eigenvalue weighted by Gasteiger charge is 2.19. The molecular weight excluding hydrogens is 346 g/mol. The van der Waals surface area contributed by atoms with Gasteiger partial charge in [0.05, 0.1) is 5.69 Å². The monoisotopic (exact) mass is 352 g/mol. The zero-order chi connectivity index (χ0) is 15.0. The van der Waals surface area contributed by atoms with Gasteiger partial charge in [0.1, 0.15) is 17.2 Å². The van der Waals surface area contributed by atoms with E-state index in [1.165, 1.54) is 6.07 Å². The van der Waals surface area contributed by atoms with Gasteiger partial charge in [0.2, 0.25) is 0 Å². The van der Waals surface area contributed by atoms with Crippen LogP contribution in [0.3, 0.4) is 0 Å². The second-order valence-corrected chi connectivity index (χ2v) is 5.07. The summed E-state index contributed by atoms with van der Waals surface area (Å²) in [6.45, 7) is 0. The zero-order valence-electron chi connectivity index (χ0n) is 10.4. The Morgan fingerprint density at radius 2 is 1.67 bits per heavy atom. The average molecular weight is 353 g/mol. The van der Waals surface area contributed by atoms with Gasteiger partial charge in [0, 0.05) is 4.47 Å². The third-order valence-corrected chi connectivity index (χ3v) is 3.32. The van der Waals surface area contributed by atoms with Gasteiger partial charge in [-0.1, -0.05) is 22.0 Å². The largest absolute Gasteiger partial charge is 0.442 e. The summed E-state index contributed by atoms with van der Waals surface area (Å²) in [5, 5.41) is 3.84. The molecule has 0 N–H and O–H groups in total. The Morgan fingerprint density at radius 3 is 2.29 bits per heavy atom. The standard InChI is InChI=1S/C14H7BrF2N2O2/c15-8-4-6-9(7-5-8)19-14(20)21-13(18-19)12-10(16)2-1-3-11(12)17/h1-7H. The van der Waals surface area contributed by atoms with Crippen LogP contribution in [-0.2, 0) is 0 Å². The lowest BCUT2D eigenvalue weighted by Crippen LogP contribution is -2.13. The van der Waals surface area contributed by atoms with E-state index in [1.54, 1.807) is 24.3 Å². The van der Waals surface area contributed by atoms with Gasteiger partial charge in [0.15, 0.2) is 0 Å². The minimum atomic E-state index is -0.848. The first-order valence-electron chi connectivity index (χ1n) is 5.87. The highest BCUT2D eigenvalue weighted by molar-refractivity contribution is 9.10. The molecule has 0 spiro atoms. The van der Waals surface area contributed by atoms with Crippen molar-refractivity contribution < 1.29 is 13.2 Å². The molecule has 0 aliphatic heterocycles. The predicted octanol–water partition coefficient (Wildman–Crippen LogP) is 3.53. The summed E-state index contributed by atoms with van der Waals surface area (Å²) in [5.74, 6) is -2.92. The maximum atomic E-state index is 13.7. The normalized spacial score (nSPS) is 10.8. The Bertz CT molecular complexity index is 836. The Hall–Kier alpha value is -2.28. The van der Waals surface area contributed by atoms with Crippen LogP contribution in [0.25, 0.3) is 17.1 Å². The van der Waals surface area contributed by atoms with Gasteiger partial charge >= 0.3 is 5.76 Å². The zero-order valence-corrected chi connectivity index (χ0v) is 12.0. The number of rotatable bonds is 2. The molecule has 1 heterocycles. The molecule has 0 saturated carbocycles. The molecule has 0 unspecified atom stereocenters. The molecule has 0 saturated heterocycles. The highest BCUT2D eigenvalue weighted by atomic mass is 79.9. The van der Waals surface area contributed by atoms with Crippen LogP contribution in [0, 0.1) is 11.6 Å². The predicted molar refractivity (Wildman–Crippen MR) is 75.2 cm³/mol. The van der Waals surface area contributed by atoms with E-state index in [2.05, 4.69) is 21.0 Å². The molecule has 2 aromatic carbocycles. The molecule has 0 bridgehead atoms. The molecule has 106 valence electrons. The van der Waals surface area contributed by atoms with Crippen molar-refractivity contribution in [3.63, 3.8) is 0 Å². The summed E-state index contributed by atoms with van der Waals surface area (Å²) >= 11 is 3.27. The van der Waals surface area contributed by atoms with Crippen LogP contribution in [0.15, 0.2) is 56.1 Å². The van der Waals surface area contributed by atoms with Gasteiger partial charge in [-0.25, -0.2) is 13.6 Å². The molecule has 0 fully saturated rings. The highest BCUT2D eigenvalue weighted by Crippen LogP contribution is 2.23. The van der Waals surface area contributed by atoms with E-state index in [4.69, 9.17) is 4.42 Å². The summed E-state index contributed by atoms with van der Waals surface area (Å²) in [4.78, 5) is 11.8. The molecular formula is C14H7BrF2N2O2. The van der Waals surface area contributed by atoms with Crippen LogP contribution in [-0.4, -0.2) is 9.78 Å². The summed E-state index contributed by atoms with van der Waals surface area (Å²) in [5.41, 5.74) is -0.0413. The average Bonchev–Trinajstić information content (AvgIpc) is 2.81.